The summed E-state index contributed by atoms with van der Waals surface area (Å²) >= 11 is 0. The highest BCUT2D eigenvalue weighted by Gasteiger charge is 2.26. The van der Waals surface area contributed by atoms with E-state index in [4.69, 9.17) is 4.74 Å². The second kappa shape index (κ2) is 7.08. The number of aryl methyl sites for hydroxylation is 1. The van der Waals surface area contributed by atoms with Crippen LogP contribution in [0, 0.1) is 0 Å². The van der Waals surface area contributed by atoms with E-state index in [1.807, 2.05) is 73.1 Å². The van der Waals surface area contributed by atoms with Gasteiger partial charge in [0.05, 0.1) is 17.8 Å². The van der Waals surface area contributed by atoms with Gasteiger partial charge in [-0.25, -0.2) is 4.79 Å². The van der Waals surface area contributed by atoms with Crippen LogP contribution in [0.5, 0.6) is 0 Å². The lowest BCUT2D eigenvalue weighted by Gasteiger charge is -2.09. The number of fused-ring (bicyclic) bond motifs is 1. The van der Waals surface area contributed by atoms with E-state index in [2.05, 4.69) is 17.1 Å². The van der Waals surface area contributed by atoms with Crippen molar-refractivity contribution in [3.63, 3.8) is 0 Å². The predicted octanol–water partition coefficient (Wildman–Crippen LogP) is 5.08. The van der Waals surface area contributed by atoms with E-state index in [0.29, 0.717) is 17.7 Å². The maximum Gasteiger partial charge on any atom is 0.342 e. The van der Waals surface area contributed by atoms with Crippen LogP contribution in [0.4, 0.5) is 0 Å². The third-order valence-electron chi connectivity index (χ3n) is 4.68. The number of ether oxygens (including phenoxy) is 1. The van der Waals surface area contributed by atoms with Crippen LogP contribution in [0.3, 0.4) is 0 Å². The Morgan fingerprint density at radius 1 is 0.963 bits per heavy atom. The van der Waals surface area contributed by atoms with E-state index >= 15 is 0 Å². The molecule has 0 aliphatic carbocycles. The minimum absolute atomic E-state index is 0.321. The van der Waals surface area contributed by atoms with Gasteiger partial charge in [-0.3, -0.25) is 4.98 Å². The lowest BCUT2D eigenvalue weighted by molar-refractivity contribution is 0.0529. The molecule has 0 aliphatic heterocycles. The topological polar surface area (TPSA) is 44.1 Å². The molecule has 0 atom stereocenters. The van der Waals surface area contributed by atoms with E-state index in [-0.39, 0.29) is 5.97 Å². The quantitative estimate of drug-likeness (QED) is 0.479. The molecule has 0 amide bonds. The third kappa shape index (κ3) is 2.89. The number of benzene rings is 2. The fourth-order valence-electron chi connectivity index (χ4n) is 3.55. The highest BCUT2D eigenvalue weighted by atomic mass is 16.5. The fraction of sp³-hybridized carbons (Fsp3) is 0.130. The number of hydrogen-bond acceptors (Lipinski definition) is 3. The van der Waals surface area contributed by atoms with Crippen LogP contribution < -0.4 is 0 Å². The number of pyridine rings is 1. The molecule has 0 spiro atoms. The van der Waals surface area contributed by atoms with Crippen LogP contribution in [0.15, 0.2) is 72.9 Å². The molecule has 2 aromatic heterocycles. The normalized spacial score (nSPS) is 10.9. The summed E-state index contributed by atoms with van der Waals surface area (Å²) in [6, 6.07) is 22.0. The Morgan fingerprint density at radius 2 is 1.59 bits per heavy atom. The van der Waals surface area contributed by atoms with Gasteiger partial charge in [0.2, 0.25) is 0 Å². The van der Waals surface area contributed by atoms with Crippen molar-refractivity contribution in [1.29, 1.82) is 0 Å². The van der Waals surface area contributed by atoms with E-state index in [0.717, 1.165) is 27.9 Å². The van der Waals surface area contributed by atoms with Gasteiger partial charge in [-0.15, -0.1) is 0 Å². The molecule has 4 nitrogen and oxygen atoms in total. The van der Waals surface area contributed by atoms with Crippen LogP contribution in [-0.4, -0.2) is 22.1 Å². The Morgan fingerprint density at radius 3 is 2.22 bits per heavy atom. The van der Waals surface area contributed by atoms with Gasteiger partial charge in [0.1, 0.15) is 11.1 Å². The van der Waals surface area contributed by atoms with E-state index in [9.17, 15) is 4.79 Å². The minimum atomic E-state index is -0.348. The molecule has 0 fully saturated rings. The van der Waals surface area contributed by atoms with Crippen molar-refractivity contribution in [2.45, 2.75) is 6.92 Å². The molecular formula is C23H20N2O2. The first-order chi connectivity index (χ1) is 13.2. The third-order valence-corrected chi connectivity index (χ3v) is 4.68. The molecule has 2 heterocycles. The highest BCUT2D eigenvalue weighted by Crippen LogP contribution is 2.37. The van der Waals surface area contributed by atoms with Crippen LogP contribution in [0.25, 0.3) is 33.4 Å². The number of hydrogen-bond donors (Lipinski definition) is 0. The fourth-order valence-corrected chi connectivity index (χ4v) is 3.55. The Labute approximate surface area is 158 Å². The molecule has 4 aromatic rings. The molecule has 4 heteroatoms. The first kappa shape index (κ1) is 17.0. The Bertz CT molecular complexity index is 1100. The molecule has 0 N–H and O–H groups in total. The monoisotopic (exact) mass is 356 g/mol. The summed E-state index contributed by atoms with van der Waals surface area (Å²) < 4.78 is 7.41. The molecular weight excluding hydrogens is 336 g/mol. The van der Waals surface area contributed by atoms with Crippen LogP contribution in [0.2, 0.25) is 0 Å². The number of nitrogens with zero attached hydrogens (tertiary/aromatic N) is 2. The maximum atomic E-state index is 12.8. The first-order valence-corrected chi connectivity index (χ1v) is 8.97. The molecule has 2 aromatic carbocycles. The highest BCUT2D eigenvalue weighted by molar-refractivity contribution is 6.12. The molecule has 0 saturated heterocycles. The zero-order chi connectivity index (χ0) is 18.8. The summed E-state index contributed by atoms with van der Waals surface area (Å²) in [4.78, 5) is 17.4. The van der Waals surface area contributed by atoms with Crippen molar-refractivity contribution in [3.05, 3.63) is 78.5 Å². The molecule has 0 saturated carbocycles. The van der Waals surface area contributed by atoms with Gasteiger partial charge in [-0.05, 0) is 24.1 Å². The number of rotatable bonds is 4. The SMILES string of the molecule is CCOC(=O)c1c(-c2ccccc2)n(C)c2c(-c3ccccc3)ccnc12. The van der Waals surface area contributed by atoms with Gasteiger partial charge in [-0.1, -0.05) is 60.7 Å². The van der Waals surface area contributed by atoms with Crippen molar-refractivity contribution in [3.8, 4) is 22.4 Å². The molecule has 0 aliphatic rings. The van der Waals surface area contributed by atoms with Gasteiger partial charge in [0, 0.05) is 18.8 Å². The Hall–Kier alpha value is -3.40. The molecule has 0 bridgehead atoms. The predicted molar refractivity (Wildman–Crippen MR) is 108 cm³/mol. The first-order valence-electron chi connectivity index (χ1n) is 8.97. The molecule has 0 unspecified atom stereocenters. The van der Waals surface area contributed by atoms with Crippen molar-refractivity contribution in [2.75, 3.05) is 6.61 Å². The number of aromatic nitrogens is 2. The van der Waals surface area contributed by atoms with E-state index < -0.39 is 0 Å². The Balaban J connectivity index is 2.09. The zero-order valence-corrected chi connectivity index (χ0v) is 15.3. The van der Waals surface area contributed by atoms with Gasteiger partial charge >= 0.3 is 5.97 Å². The van der Waals surface area contributed by atoms with E-state index in [1.54, 1.807) is 6.20 Å². The van der Waals surface area contributed by atoms with Gasteiger partial charge in [0.25, 0.3) is 0 Å². The number of carbonyl (C=O) groups excluding carboxylic acids is 1. The second-order valence-electron chi connectivity index (χ2n) is 6.29. The minimum Gasteiger partial charge on any atom is -0.462 e. The lowest BCUT2D eigenvalue weighted by atomic mass is 10.0. The average molecular weight is 356 g/mol. The van der Waals surface area contributed by atoms with Crippen LogP contribution in [0.1, 0.15) is 17.3 Å². The largest absolute Gasteiger partial charge is 0.462 e. The summed E-state index contributed by atoms with van der Waals surface area (Å²) in [5.74, 6) is -0.348. The average Bonchev–Trinajstić information content (AvgIpc) is 3.02. The zero-order valence-electron chi connectivity index (χ0n) is 15.3. The van der Waals surface area contributed by atoms with E-state index in [1.165, 1.54) is 0 Å². The molecule has 134 valence electrons. The molecule has 4 rings (SSSR count). The van der Waals surface area contributed by atoms with Gasteiger partial charge in [0.15, 0.2) is 0 Å². The molecule has 27 heavy (non-hydrogen) atoms. The second-order valence-corrected chi connectivity index (χ2v) is 6.29. The smallest absolute Gasteiger partial charge is 0.342 e. The number of carbonyl (C=O) groups is 1. The summed E-state index contributed by atoms with van der Waals surface area (Å²) in [5, 5.41) is 0. The summed E-state index contributed by atoms with van der Waals surface area (Å²) in [7, 11) is 1.97. The van der Waals surface area contributed by atoms with Crippen LogP contribution >= 0.6 is 0 Å². The van der Waals surface area contributed by atoms with Crippen molar-refractivity contribution < 1.29 is 9.53 Å². The van der Waals surface area contributed by atoms with Gasteiger partial charge in [-0.2, -0.15) is 0 Å². The van der Waals surface area contributed by atoms with Crippen molar-refractivity contribution in [1.82, 2.24) is 9.55 Å². The summed E-state index contributed by atoms with van der Waals surface area (Å²) in [6.07, 6.45) is 1.75. The lowest BCUT2D eigenvalue weighted by Crippen LogP contribution is -2.07. The van der Waals surface area contributed by atoms with Gasteiger partial charge < -0.3 is 9.30 Å². The summed E-state index contributed by atoms with van der Waals surface area (Å²) in [5.41, 5.74) is 6.00. The standard InChI is InChI=1S/C23H20N2O2/c1-3-27-23(26)19-20-22(25(2)21(19)17-12-8-5-9-13-17)18(14-15-24-20)16-10-6-4-7-11-16/h4-15H,3H2,1-2H3. The van der Waals surface area contributed by atoms with Crippen molar-refractivity contribution in [2.24, 2.45) is 7.05 Å². The van der Waals surface area contributed by atoms with Crippen LogP contribution in [-0.2, 0) is 11.8 Å². The summed E-state index contributed by atoms with van der Waals surface area (Å²) in [6.45, 7) is 2.13. The maximum absolute atomic E-state index is 12.8. The Kier molecular flexibility index (Phi) is 4.47. The number of esters is 1. The molecule has 0 radical (unpaired) electrons. The van der Waals surface area contributed by atoms with Crippen molar-refractivity contribution >= 4 is 17.0 Å².